The topological polar surface area (TPSA) is 134 Å². The molecule has 11 heteroatoms. The van der Waals surface area contributed by atoms with Gasteiger partial charge in [0.1, 0.15) is 12.4 Å². The van der Waals surface area contributed by atoms with E-state index in [0.29, 0.717) is 35.5 Å². The van der Waals surface area contributed by atoms with Crippen LogP contribution in [0.3, 0.4) is 0 Å². The highest BCUT2D eigenvalue weighted by atomic mass is 19.1. The molecule has 5 rings (SSSR count). The highest BCUT2D eigenvalue weighted by molar-refractivity contribution is 6.03. The third-order valence-electron chi connectivity index (χ3n) is 6.51. The molecule has 0 atom stereocenters. The second-order valence-corrected chi connectivity index (χ2v) is 9.32. The highest BCUT2D eigenvalue weighted by Crippen LogP contribution is 2.31. The van der Waals surface area contributed by atoms with Gasteiger partial charge in [0.15, 0.2) is 17.1 Å². The maximum atomic E-state index is 13.4. The Kier molecular flexibility index (Phi) is 6.58. The van der Waals surface area contributed by atoms with Gasteiger partial charge in [-0.1, -0.05) is 0 Å². The molecule has 0 radical (unpaired) electrons. The number of hydrogen-bond acceptors (Lipinski definition) is 8. The van der Waals surface area contributed by atoms with E-state index in [1.54, 1.807) is 0 Å². The first kappa shape index (κ1) is 23.2. The van der Waals surface area contributed by atoms with Crippen LogP contribution >= 0.6 is 0 Å². The Hall–Kier alpha value is -3.60. The largest absolute Gasteiger partial charge is 0.389 e. The minimum absolute atomic E-state index is 0.107. The number of Topliss-reactive ketones (excluding diaryl/α,β-unsaturated/α-hetero) is 1. The fourth-order valence-corrected chi connectivity index (χ4v) is 4.53. The van der Waals surface area contributed by atoms with Crippen LogP contribution in [0, 0.1) is 11.9 Å². The minimum Gasteiger partial charge on any atom is -0.389 e. The van der Waals surface area contributed by atoms with E-state index in [-0.39, 0.29) is 17.5 Å². The average molecular weight is 482 g/mol. The van der Waals surface area contributed by atoms with Gasteiger partial charge < -0.3 is 21.1 Å². The number of aromatic nitrogens is 4. The number of amides is 1. The van der Waals surface area contributed by atoms with E-state index in [1.165, 1.54) is 23.0 Å². The lowest BCUT2D eigenvalue weighted by Gasteiger charge is -2.29. The number of rotatable bonds is 9. The quantitative estimate of drug-likeness (QED) is 0.343. The molecule has 4 N–H and O–H groups in total. The molecule has 1 amide bonds. The second kappa shape index (κ2) is 9.95. The Bertz CT molecular complexity index is 1240. The van der Waals surface area contributed by atoms with Crippen LogP contribution in [-0.4, -0.2) is 55.1 Å². The summed E-state index contributed by atoms with van der Waals surface area (Å²) in [6.45, 7) is -0.393. The lowest BCUT2D eigenvalue weighted by Crippen LogP contribution is -2.28. The molecule has 0 bridgehead atoms. The number of pyridine rings is 1. The number of ketones is 1. The van der Waals surface area contributed by atoms with Gasteiger partial charge in [-0.3, -0.25) is 9.59 Å². The molecule has 3 aromatic heterocycles. The van der Waals surface area contributed by atoms with E-state index in [9.17, 15) is 14.0 Å². The van der Waals surface area contributed by atoms with Gasteiger partial charge in [0.05, 0.1) is 11.9 Å². The predicted molar refractivity (Wildman–Crippen MR) is 128 cm³/mol. The third-order valence-corrected chi connectivity index (χ3v) is 6.51. The summed E-state index contributed by atoms with van der Waals surface area (Å²) in [4.78, 5) is 32.4. The number of imidazole rings is 1. The highest BCUT2D eigenvalue weighted by Gasteiger charge is 2.26. The van der Waals surface area contributed by atoms with E-state index >= 15 is 0 Å². The van der Waals surface area contributed by atoms with Crippen LogP contribution in [0.25, 0.3) is 5.65 Å². The second-order valence-electron chi connectivity index (χ2n) is 9.32. The minimum atomic E-state index is -0.683. The van der Waals surface area contributed by atoms with E-state index in [0.717, 1.165) is 50.3 Å². The molecule has 10 nitrogen and oxygen atoms in total. The van der Waals surface area contributed by atoms with Crippen LogP contribution in [0.15, 0.2) is 30.6 Å². The molecule has 184 valence electrons. The summed E-state index contributed by atoms with van der Waals surface area (Å²) >= 11 is 0. The van der Waals surface area contributed by atoms with Crippen LogP contribution in [-0.2, 0) is 4.79 Å². The molecule has 2 aliphatic carbocycles. The van der Waals surface area contributed by atoms with Crippen LogP contribution < -0.4 is 16.0 Å². The Morgan fingerprint density at radius 2 is 1.80 bits per heavy atom. The monoisotopic (exact) mass is 481 g/mol. The fourth-order valence-electron chi connectivity index (χ4n) is 4.53. The standard InChI is InChI=1S/C24H28FN7O3/c25-21-10-17(7-8-26-21)30-24(35)20-12-27-23-19(28-15-5-6-15)11-22(31-32(20)23)29-16-3-1-14(2-4-16)9-18(34)13-33/h7-8,10-12,14-16,28,33H,1-6,9,13H2,(H,29,31)(H,26,30,35). The number of halogens is 1. The summed E-state index contributed by atoms with van der Waals surface area (Å²) in [6, 6.07) is 5.14. The zero-order valence-electron chi connectivity index (χ0n) is 19.2. The molecule has 0 aromatic carbocycles. The summed E-state index contributed by atoms with van der Waals surface area (Å²) in [7, 11) is 0. The predicted octanol–water partition coefficient (Wildman–Crippen LogP) is 3.01. The maximum absolute atomic E-state index is 13.4. The van der Waals surface area contributed by atoms with Crippen molar-refractivity contribution in [3.63, 3.8) is 0 Å². The lowest BCUT2D eigenvalue weighted by atomic mass is 9.83. The summed E-state index contributed by atoms with van der Waals surface area (Å²) in [5, 5.41) is 23.3. The molecule has 0 unspecified atom stereocenters. The summed E-state index contributed by atoms with van der Waals surface area (Å²) in [5.41, 5.74) is 1.85. The van der Waals surface area contributed by atoms with Crippen molar-refractivity contribution in [2.75, 3.05) is 22.6 Å². The number of hydrogen-bond donors (Lipinski definition) is 4. The zero-order chi connectivity index (χ0) is 24.4. The first-order chi connectivity index (χ1) is 17.0. The molecule has 3 heterocycles. The molecule has 35 heavy (non-hydrogen) atoms. The van der Waals surface area contributed by atoms with Crippen molar-refractivity contribution in [1.82, 2.24) is 19.6 Å². The molecule has 2 fully saturated rings. The SMILES string of the molecule is O=C(CO)CC1CCC(Nc2cc(NC3CC3)c3ncc(C(=O)Nc4ccnc(F)c4)n3n2)CC1. The van der Waals surface area contributed by atoms with Crippen molar-refractivity contribution in [3.05, 3.63) is 42.2 Å². The summed E-state index contributed by atoms with van der Waals surface area (Å²) in [6.07, 6.45) is 8.91. The Morgan fingerprint density at radius 1 is 1.06 bits per heavy atom. The summed E-state index contributed by atoms with van der Waals surface area (Å²) < 4.78 is 14.9. The summed E-state index contributed by atoms with van der Waals surface area (Å²) in [5.74, 6) is -0.324. The number of nitrogens with one attached hydrogen (secondary N) is 3. The van der Waals surface area contributed by atoms with Gasteiger partial charge in [0, 0.05) is 42.5 Å². The van der Waals surface area contributed by atoms with E-state index < -0.39 is 18.5 Å². The molecule has 0 aliphatic heterocycles. The molecule has 2 saturated carbocycles. The van der Waals surface area contributed by atoms with Gasteiger partial charge in [-0.05, 0) is 50.5 Å². The third kappa shape index (κ3) is 5.56. The van der Waals surface area contributed by atoms with E-state index in [1.807, 2.05) is 6.07 Å². The van der Waals surface area contributed by atoms with Crippen molar-refractivity contribution in [2.45, 2.75) is 57.0 Å². The van der Waals surface area contributed by atoms with Gasteiger partial charge in [-0.2, -0.15) is 4.39 Å². The molecule has 0 saturated heterocycles. The average Bonchev–Trinajstić information content (AvgIpc) is 3.55. The van der Waals surface area contributed by atoms with Crippen molar-refractivity contribution in [1.29, 1.82) is 0 Å². The molecule has 0 spiro atoms. The van der Waals surface area contributed by atoms with Crippen molar-refractivity contribution in [2.24, 2.45) is 5.92 Å². The number of nitrogens with zero attached hydrogens (tertiary/aromatic N) is 4. The fraction of sp³-hybridized carbons (Fsp3) is 0.458. The van der Waals surface area contributed by atoms with E-state index in [2.05, 4.69) is 31.0 Å². The number of aliphatic hydroxyl groups excluding tert-OH is 1. The van der Waals surface area contributed by atoms with Gasteiger partial charge >= 0.3 is 0 Å². The Labute approximate surface area is 201 Å². The van der Waals surface area contributed by atoms with Crippen LogP contribution in [0.2, 0.25) is 0 Å². The normalized spacial score (nSPS) is 19.9. The Balaban J connectivity index is 1.35. The van der Waals surface area contributed by atoms with E-state index in [4.69, 9.17) is 5.11 Å². The maximum Gasteiger partial charge on any atom is 0.276 e. The van der Waals surface area contributed by atoms with Crippen LogP contribution in [0.1, 0.15) is 55.4 Å². The first-order valence-corrected chi connectivity index (χ1v) is 12.0. The smallest absolute Gasteiger partial charge is 0.276 e. The number of carbonyl (C=O) groups is 2. The number of fused-ring (bicyclic) bond motifs is 1. The first-order valence-electron chi connectivity index (χ1n) is 12.0. The zero-order valence-corrected chi connectivity index (χ0v) is 19.2. The number of anilines is 3. The van der Waals surface area contributed by atoms with Gasteiger partial charge in [0.25, 0.3) is 5.91 Å². The number of aliphatic hydroxyl groups is 1. The van der Waals surface area contributed by atoms with Gasteiger partial charge in [0.2, 0.25) is 5.95 Å². The van der Waals surface area contributed by atoms with Crippen LogP contribution in [0.5, 0.6) is 0 Å². The van der Waals surface area contributed by atoms with Crippen LogP contribution in [0.4, 0.5) is 21.6 Å². The molecular weight excluding hydrogens is 453 g/mol. The van der Waals surface area contributed by atoms with Crippen molar-refractivity contribution >= 4 is 34.5 Å². The van der Waals surface area contributed by atoms with Crippen molar-refractivity contribution < 1.29 is 19.1 Å². The lowest BCUT2D eigenvalue weighted by molar-refractivity contribution is -0.122. The van der Waals surface area contributed by atoms with Gasteiger partial charge in [-0.25, -0.2) is 14.5 Å². The number of carbonyl (C=O) groups excluding carboxylic acids is 2. The molecule has 3 aromatic rings. The van der Waals surface area contributed by atoms with Gasteiger partial charge in [-0.15, -0.1) is 5.10 Å². The molecule has 2 aliphatic rings. The molecular formula is C24H28FN7O3. The Morgan fingerprint density at radius 3 is 2.51 bits per heavy atom. The van der Waals surface area contributed by atoms with Crippen molar-refractivity contribution in [3.8, 4) is 0 Å².